The minimum atomic E-state index is -2.25. The van der Waals surface area contributed by atoms with Crippen LogP contribution in [0.4, 0.5) is 0 Å². The Balaban J connectivity index is 3.29. The van der Waals surface area contributed by atoms with Crippen molar-refractivity contribution >= 4 is 20.2 Å². The Kier molecular flexibility index (Phi) is 14.0. The number of ether oxygens (including phenoxy) is 4. The van der Waals surface area contributed by atoms with Crippen LogP contribution in [0.25, 0.3) is 0 Å². The van der Waals surface area contributed by atoms with E-state index in [0.29, 0.717) is 0 Å². The van der Waals surface area contributed by atoms with Crippen molar-refractivity contribution in [3.8, 4) is 0 Å². The van der Waals surface area contributed by atoms with Crippen molar-refractivity contribution in [3.05, 3.63) is 0 Å². The Morgan fingerprint density at radius 3 is 1.50 bits per heavy atom. The molecule has 0 amide bonds. The fourth-order valence-corrected chi connectivity index (χ4v) is 1.62. The monoisotopic (exact) mass is 341 g/mol. The molecule has 0 saturated carbocycles. The lowest BCUT2D eigenvalue weighted by atomic mass is 10.5. The predicted octanol–water partition coefficient (Wildman–Crippen LogP) is 0.836. The molecule has 22 heavy (non-hydrogen) atoms. The van der Waals surface area contributed by atoms with Gasteiger partial charge in [-0.05, 0) is 0 Å². The van der Waals surface area contributed by atoms with Gasteiger partial charge in [0.15, 0.2) is 0 Å². The Morgan fingerprint density at radius 2 is 1.14 bits per heavy atom. The average Bonchev–Trinajstić information content (AvgIpc) is 2.53. The topological polar surface area (TPSA) is 107 Å². The number of rotatable bonds is 14. The molecule has 0 aliphatic heterocycles. The predicted molar refractivity (Wildman–Crippen MR) is 74.4 cm³/mol. The zero-order chi connectivity index (χ0) is 16.6. The molecular weight excluding hydrogens is 319 g/mol. The average molecular weight is 341 g/mol. The highest BCUT2D eigenvalue weighted by Crippen LogP contribution is 2.22. The third-order valence-corrected chi connectivity index (χ3v) is 2.99. The molecule has 0 atom stereocenters. The van der Waals surface area contributed by atoms with E-state index >= 15 is 0 Å². The zero-order valence-electron chi connectivity index (χ0n) is 12.8. The molecule has 0 aliphatic rings. The molecule has 0 rings (SSSR count). The molecular formula is C12H22O9P+. The lowest BCUT2D eigenvalue weighted by Gasteiger charge is -2.01. The molecule has 0 saturated heterocycles. The van der Waals surface area contributed by atoms with Gasteiger partial charge in [-0.1, -0.05) is 0 Å². The van der Waals surface area contributed by atoms with E-state index in [1.807, 2.05) is 0 Å². The first kappa shape index (κ1) is 20.9. The molecule has 0 heterocycles. The highest BCUT2D eigenvalue weighted by Gasteiger charge is 2.19. The summed E-state index contributed by atoms with van der Waals surface area (Å²) in [6.45, 7) is 0.969. The van der Waals surface area contributed by atoms with Gasteiger partial charge in [-0.3, -0.25) is 9.59 Å². The van der Waals surface area contributed by atoms with Gasteiger partial charge in [0.05, 0.1) is 53.5 Å². The number of esters is 2. The molecule has 9 nitrogen and oxygen atoms in total. The fraction of sp³-hybridized carbons (Fsp3) is 0.833. The van der Waals surface area contributed by atoms with Crippen LogP contribution in [0.2, 0.25) is 0 Å². The molecule has 0 radical (unpaired) electrons. The largest absolute Gasteiger partial charge is 0.697 e. The molecule has 0 fully saturated rings. The molecule has 0 unspecified atom stereocenters. The summed E-state index contributed by atoms with van der Waals surface area (Å²) in [6, 6.07) is 0. The van der Waals surface area contributed by atoms with Crippen LogP contribution >= 0.6 is 8.25 Å². The Hall–Kier alpha value is -1.12. The summed E-state index contributed by atoms with van der Waals surface area (Å²) in [5, 5.41) is 0. The number of carbonyl (C=O) groups is 2. The van der Waals surface area contributed by atoms with Crippen LogP contribution in [-0.4, -0.2) is 65.8 Å². The van der Waals surface area contributed by atoms with Crippen molar-refractivity contribution in [2.24, 2.45) is 0 Å². The van der Waals surface area contributed by atoms with Gasteiger partial charge in [0.1, 0.15) is 13.2 Å². The maximum atomic E-state index is 11.3. The standard InChI is InChI=1S/C12H22O9P/c1-16-11(13)3-5-18-7-9-20-22(15)21-10-8-19-6-4-12(14)17-2/h3-10H2,1-2H3/q+1. The molecule has 0 N–H and O–H groups in total. The lowest BCUT2D eigenvalue weighted by molar-refractivity contribution is -0.142. The third kappa shape index (κ3) is 13.8. The van der Waals surface area contributed by atoms with Crippen molar-refractivity contribution in [1.29, 1.82) is 0 Å². The second-order valence-corrected chi connectivity index (χ2v) is 4.73. The van der Waals surface area contributed by atoms with E-state index in [0.717, 1.165) is 0 Å². The first-order valence-electron chi connectivity index (χ1n) is 6.62. The minimum Gasteiger partial charge on any atom is -0.469 e. The molecule has 0 spiro atoms. The molecule has 0 aromatic carbocycles. The summed E-state index contributed by atoms with van der Waals surface area (Å²) < 4.78 is 40.0. The van der Waals surface area contributed by atoms with E-state index in [9.17, 15) is 14.2 Å². The summed E-state index contributed by atoms with van der Waals surface area (Å²) in [5.41, 5.74) is 0. The van der Waals surface area contributed by atoms with Crippen LogP contribution in [0, 0.1) is 0 Å². The first-order chi connectivity index (χ1) is 10.6. The van der Waals surface area contributed by atoms with E-state index in [4.69, 9.17) is 18.5 Å². The number of carbonyl (C=O) groups excluding carboxylic acids is 2. The van der Waals surface area contributed by atoms with Crippen LogP contribution in [0.3, 0.4) is 0 Å². The van der Waals surface area contributed by atoms with Gasteiger partial charge in [0.2, 0.25) is 0 Å². The van der Waals surface area contributed by atoms with Crippen molar-refractivity contribution in [3.63, 3.8) is 0 Å². The van der Waals surface area contributed by atoms with Crippen molar-refractivity contribution < 1.29 is 42.1 Å². The molecule has 0 aliphatic carbocycles. The second-order valence-electron chi connectivity index (χ2n) is 3.77. The third-order valence-electron chi connectivity index (χ3n) is 2.21. The summed E-state index contributed by atoms with van der Waals surface area (Å²) in [6.07, 6.45) is 0.310. The highest BCUT2D eigenvalue weighted by molar-refractivity contribution is 7.33. The van der Waals surface area contributed by atoms with Crippen molar-refractivity contribution in [2.45, 2.75) is 12.8 Å². The second kappa shape index (κ2) is 14.8. The van der Waals surface area contributed by atoms with E-state index in [1.54, 1.807) is 0 Å². The summed E-state index contributed by atoms with van der Waals surface area (Å²) >= 11 is 0. The maximum absolute atomic E-state index is 11.3. The van der Waals surface area contributed by atoms with E-state index in [-0.39, 0.29) is 64.4 Å². The smallest absolute Gasteiger partial charge is 0.469 e. The van der Waals surface area contributed by atoms with E-state index in [1.165, 1.54) is 14.2 Å². The Bertz CT molecular complexity index is 305. The lowest BCUT2D eigenvalue weighted by Crippen LogP contribution is -2.09. The van der Waals surface area contributed by atoms with Crippen LogP contribution in [0.5, 0.6) is 0 Å². The molecule has 0 aromatic rings. The van der Waals surface area contributed by atoms with Crippen molar-refractivity contribution in [2.75, 3.05) is 53.9 Å². The van der Waals surface area contributed by atoms with Gasteiger partial charge < -0.3 is 18.9 Å². The summed E-state index contributed by atoms with van der Waals surface area (Å²) in [7, 11) is 0.350. The Morgan fingerprint density at radius 1 is 0.727 bits per heavy atom. The van der Waals surface area contributed by atoms with Gasteiger partial charge in [-0.25, -0.2) is 0 Å². The van der Waals surface area contributed by atoms with Crippen LogP contribution in [0.1, 0.15) is 12.8 Å². The van der Waals surface area contributed by atoms with E-state index < -0.39 is 8.25 Å². The van der Waals surface area contributed by atoms with Gasteiger partial charge in [-0.15, -0.1) is 9.05 Å². The highest BCUT2D eigenvalue weighted by atomic mass is 31.1. The number of hydrogen-bond donors (Lipinski definition) is 0. The summed E-state index contributed by atoms with van der Waals surface area (Å²) in [4.78, 5) is 21.5. The fourth-order valence-electron chi connectivity index (χ4n) is 1.10. The number of hydrogen-bond acceptors (Lipinski definition) is 9. The minimum absolute atomic E-state index is 0.0829. The van der Waals surface area contributed by atoms with Crippen LogP contribution in [0.15, 0.2) is 0 Å². The van der Waals surface area contributed by atoms with Gasteiger partial charge in [0.25, 0.3) is 0 Å². The van der Waals surface area contributed by atoms with E-state index in [2.05, 4.69) is 9.47 Å². The van der Waals surface area contributed by atoms with Gasteiger partial charge in [0, 0.05) is 4.57 Å². The first-order valence-corrected chi connectivity index (χ1v) is 7.72. The molecule has 10 heteroatoms. The van der Waals surface area contributed by atoms with Crippen LogP contribution < -0.4 is 0 Å². The summed E-state index contributed by atoms with van der Waals surface area (Å²) in [5.74, 6) is -0.718. The van der Waals surface area contributed by atoms with Crippen LogP contribution in [-0.2, 0) is 42.1 Å². The molecule has 0 aromatic heterocycles. The molecule has 0 bridgehead atoms. The Labute approximate surface area is 130 Å². The zero-order valence-corrected chi connectivity index (χ0v) is 13.7. The van der Waals surface area contributed by atoms with Gasteiger partial charge in [-0.2, -0.15) is 0 Å². The normalized spacial score (nSPS) is 10.3. The maximum Gasteiger partial charge on any atom is 0.697 e. The quantitative estimate of drug-likeness (QED) is 0.258. The number of methoxy groups -OCH3 is 2. The van der Waals surface area contributed by atoms with Gasteiger partial charge >= 0.3 is 20.2 Å². The SMILES string of the molecule is COC(=O)CCOCCO[P+](=O)OCCOCCC(=O)OC. The van der Waals surface area contributed by atoms with Crippen molar-refractivity contribution in [1.82, 2.24) is 0 Å². The molecule has 128 valence electrons.